The Balaban J connectivity index is 1.66. The molecule has 0 aromatic rings. The zero-order valence-corrected chi connectivity index (χ0v) is 14.0. The normalized spacial score (nSPS) is 18.6. The van der Waals surface area contributed by atoms with Crippen molar-refractivity contribution in [3.63, 3.8) is 0 Å². The number of piperazine rings is 1. The summed E-state index contributed by atoms with van der Waals surface area (Å²) >= 11 is 0. The van der Waals surface area contributed by atoms with Crippen LogP contribution in [0.4, 0.5) is 4.79 Å². The number of aliphatic imine (C=N–C) groups is 1. The minimum atomic E-state index is -0.252. The Morgan fingerprint density at radius 3 is 2.26 bits per heavy atom. The van der Waals surface area contributed by atoms with Crippen molar-refractivity contribution in [1.29, 1.82) is 0 Å². The number of rotatable bonds is 5. The third kappa shape index (κ3) is 5.30. The van der Waals surface area contributed by atoms with Crippen LogP contribution in [0.1, 0.15) is 19.8 Å². The van der Waals surface area contributed by atoms with E-state index in [1.165, 1.54) is 0 Å². The van der Waals surface area contributed by atoms with Crippen molar-refractivity contribution in [3.8, 4) is 0 Å². The van der Waals surface area contributed by atoms with Crippen molar-refractivity contribution in [3.05, 3.63) is 0 Å². The van der Waals surface area contributed by atoms with Crippen molar-refractivity contribution < 1.29 is 14.3 Å². The van der Waals surface area contributed by atoms with Gasteiger partial charge in [-0.2, -0.15) is 0 Å². The highest BCUT2D eigenvalue weighted by atomic mass is 16.6. The number of ether oxygens (including phenoxy) is 1. The van der Waals surface area contributed by atoms with Gasteiger partial charge in [-0.25, -0.2) is 4.79 Å². The number of carbonyl (C=O) groups is 2. The summed E-state index contributed by atoms with van der Waals surface area (Å²) < 4.78 is 5.01. The molecule has 0 spiro atoms. The van der Waals surface area contributed by atoms with Crippen molar-refractivity contribution in [1.82, 2.24) is 20.4 Å². The monoisotopic (exact) mass is 325 g/mol. The minimum absolute atomic E-state index is 0.157. The van der Waals surface area contributed by atoms with Gasteiger partial charge in [0.15, 0.2) is 5.96 Å². The first-order valence-electron chi connectivity index (χ1n) is 8.30. The van der Waals surface area contributed by atoms with Crippen LogP contribution in [0.15, 0.2) is 4.99 Å². The van der Waals surface area contributed by atoms with Crippen LogP contribution in [-0.2, 0) is 9.53 Å². The summed E-state index contributed by atoms with van der Waals surface area (Å²) in [5.41, 5.74) is 0. The predicted molar refractivity (Wildman–Crippen MR) is 87.3 cm³/mol. The molecule has 0 aromatic carbocycles. The van der Waals surface area contributed by atoms with E-state index in [0.717, 1.165) is 18.8 Å². The van der Waals surface area contributed by atoms with Gasteiger partial charge in [-0.1, -0.05) is 0 Å². The van der Waals surface area contributed by atoms with Gasteiger partial charge >= 0.3 is 6.09 Å². The second-order valence-corrected chi connectivity index (χ2v) is 5.71. The highest BCUT2D eigenvalue weighted by molar-refractivity contribution is 5.81. The zero-order chi connectivity index (χ0) is 16.7. The van der Waals surface area contributed by atoms with Crippen LogP contribution in [0, 0.1) is 5.92 Å². The molecule has 1 aliphatic heterocycles. The first kappa shape index (κ1) is 17.4. The second-order valence-electron chi connectivity index (χ2n) is 5.71. The molecule has 2 rings (SSSR count). The number of guanidine groups is 1. The number of hydrogen-bond donors (Lipinski definition) is 2. The van der Waals surface area contributed by atoms with Gasteiger partial charge in [-0.05, 0) is 19.8 Å². The Hall–Kier alpha value is -1.99. The van der Waals surface area contributed by atoms with Crippen LogP contribution in [0.3, 0.4) is 0 Å². The van der Waals surface area contributed by atoms with Crippen molar-refractivity contribution >= 4 is 18.0 Å². The molecule has 1 saturated heterocycles. The molecule has 8 heteroatoms. The van der Waals surface area contributed by atoms with Crippen molar-refractivity contribution in [2.45, 2.75) is 19.8 Å². The first-order valence-corrected chi connectivity index (χ1v) is 8.30. The van der Waals surface area contributed by atoms with Crippen molar-refractivity contribution in [2.24, 2.45) is 10.9 Å². The van der Waals surface area contributed by atoms with Gasteiger partial charge in [0.2, 0.25) is 5.91 Å². The molecule has 0 unspecified atom stereocenters. The average molecular weight is 325 g/mol. The van der Waals surface area contributed by atoms with E-state index >= 15 is 0 Å². The molecular formula is C15H27N5O3. The summed E-state index contributed by atoms with van der Waals surface area (Å²) in [6.07, 6.45) is 1.79. The standard InChI is InChI=1S/C15H27N5O3/c1-3-23-15(22)20-10-8-19(9-11-20)14(16-2)18-7-6-17-13(21)12-4-5-12/h12H,3-11H2,1-2H3,(H,16,18)(H,17,21). The SMILES string of the molecule is CCOC(=O)N1CCN(C(=NC)NCCNC(=O)C2CC2)CC1. The van der Waals surface area contributed by atoms with Crippen LogP contribution in [-0.4, -0.2) is 80.7 Å². The van der Waals surface area contributed by atoms with E-state index in [-0.39, 0.29) is 17.9 Å². The van der Waals surface area contributed by atoms with Crippen molar-refractivity contribution in [2.75, 3.05) is 52.9 Å². The largest absolute Gasteiger partial charge is 0.450 e. The summed E-state index contributed by atoms with van der Waals surface area (Å²) in [5, 5.41) is 6.17. The molecule has 1 heterocycles. The van der Waals surface area contributed by atoms with E-state index in [1.54, 1.807) is 11.9 Å². The van der Waals surface area contributed by atoms with E-state index in [4.69, 9.17) is 4.74 Å². The molecule has 0 aromatic heterocycles. The molecule has 130 valence electrons. The van der Waals surface area contributed by atoms with Gasteiger partial charge in [-0.15, -0.1) is 0 Å². The zero-order valence-electron chi connectivity index (χ0n) is 14.0. The molecule has 2 fully saturated rings. The third-order valence-electron chi connectivity index (χ3n) is 3.97. The van der Waals surface area contributed by atoms with Gasteiger partial charge in [0.1, 0.15) is 0 Å². The fraction of sp³-hybridized carbons (Fsp3) is 0.800. The lowest BCUT2D eigenvalue weighted by Crippen LogP contribution is -2.54. The maximum Gasteiger partial charge on any atom is 0.409 e. The lowest BCUT2D eigenvalue weighted by atomic mass is 10.3. The minimum Gasteiger partial charge on any atom is -0.450 e. The predicted octanol–water partition coefficient (Wildman–Crippen LogP) is -0.138. The Bertz CT molecular complexity index is 442. The fourth-order valence-corrected chi connectivity index (χ4v) is 2.50. The molecular weight excluding hydrogens is 298 g/mol. The number of nitrogens with one attached hydrogen (secondary N) is 2. The third-order valence-corrected chi connectivity index (χ3v) is 3.97. The summed E-state index contributed by atoms with van der Waals surface area (Å²) in [5.74, 6) is 1.20. The van der Waals surface area contributed by atoms with E-state index in [0.29, 0.717) is 45.9 Å². The van der Waals surface area contributed by atoms with Crippen LogP contribution in [0.5, 0.6) is 0 Å². The number of hydrogen-bond acceptors (Lipinski definition) is 4. The summed E-state index contributed by atoms with van der Waals surface area (Å²) in [4.78, 5) is 31.3. The highest BCUT2D eigenvalue weighted by Gasteiger charge is 2.29. The molecule has 0 bridgehead atoms. The maximum absolute atomic E-state index is 11.7. The molecule has 2 N–H and O–H groups in total. The van der Waals surface area contributed by atoms with Gasteiger partial charge in [0, 0.05) is 52.2 Å². The Morgan fingerprint density at radius 1 is 1.09 bits per heavy atom. The maximum atomic E-state index is 11.7. The van der Waals surface area contributed by atoms with Crippen LogP contribution in [0.25, 0.3) is 0 Å². The lowest BCUT2D eigenvalue weighted by Gasteiger charge is -2.35. The van der Waals surface area contributed by atoms with Crippen LogP contribution in [0.2, 0.25) is 0 Å². The topological polar surface area (TPSA) is 86.3 Å². The van der Waals surface area contributed by atoms with Gasteiger partial charge in [-0.3, -0.25) is 9.79 Å². The van der Waals surface area contributed by atoms with Gasteiger partial charge in [0.25, 0.3) is 0 Å². The highest BCUT2D eigenvalue weighted by Crippen LogP contribution is 2.28. The number of amides is 2. The molecule has 8 nitrogen and oxygen atoms in total. The Morgan fingerprint density at radius 2 is 1.70 bits per heavy atom. The smallest absolute Gasteiger partial charge is 0.409 e. The van der Waals surface area contributed by atoms with Crippen LogP contribution < -0.4 is 10.6 Å². The number of nitrogens with zero attached hydrogens (tertiary/aromatic N) is 3. The van der Waals surface area contributed by atoms with Gasteiger partial charge < -0.3 is 25.2 Å². The average Bonchev–Trinajstić information content (AvgIpc) is 3.40. The molecule has 0 atom stereocenters. The van der Waals surface area contributed by atoms with E-state index in [1.807, 2.05) is 6.92 Å². The summed E-state index contributed by atoms with van der Waals surface area (Å²) in [7, 11) is 1.74. The Labute approximate surface area is 137 Å². The lowest BCUT2D eigenvalue weighted by molar-refractivity contribution is -0.122. The van der Waals surface area contributed by atoms with E-state index in [2.05, 4.69) is 20.5 Å². The second kappa shape index (κ2) is 8.59. The molecule has 23 heavy (non-hydrogen) atoms. The quantitative estimate of drug-likeness (QED) is 0.417. The number of carbonyl (C=O) groups excluding carboxylic acids is 2. The molecule has 2 amide bonds. The molecule has 0 radical (unpaired) electrons. The summed E-state index contributed by atoms with van der Waals surface area (Å²) in [6, 6.07) is 0. The van der Waals surface area contributed by atoms with Crippen LogP contribution >= 0.6 is 0 Å². The molecule has 1 saturated carbocycles. The first-order chi connectivity index (χ1) is 11.2. The fourth-order valence-electron chi connectivity index (χ4n) is 2.50. The Kier molecular flexibility index (Phi) is 6.49. The van der Waals surface area contributed by atoms with E-state index in [9.17, 15) is 9.59 Å². The molecule has 1 aliphatic carbocycles. The summed E-state index contributed by atoms with van der Waals surface area (Å²) in [6.45, 7) is 6.12. The van der Waals surface area contributed by atoms with E-state index < -0.39 is 0 Å². The molecule has 2 aliphatic rings. The van der Waals surface area contributed by atoms with Gasteiger partial charge in [0.05, 0.1) is 6.61 Å².